The van der Waals surface area contributed by atoms with Gasteiger partial charge in [0.2, 0.25) is 0 Å². The average Bonchev–Trinajstić information content (AvgIpc) is 1.90. The first kappa shape index (κ1) is 6.33. The van der Waals surface area contributed by atoms with Gasteiger partial charge >= 0.3 is 0 Å². The molecule has 0 saturated heterocycles. The van der Waals surface area contributed by atoms with Crippen molar-refractivity contribution in [2.45, 2.75) is 12.8 Å². The molecule has 0 bridgehead atoms. The van der Waals surface area contributed by atoms with Gasteiger partial charge in [-0.25, -0.2) is 0 Å². The maximum atomic E-state index is 4.05. The van der Waals surface area contributed by atoms with Gasteiger partial charge in [-0.2, -0.15) is 0 Å². The van der Waals surface area contributed by atoms with Crippen LogP contribution in [-0.4, -0.2) is 25.2 Å². The highest BCUT2D eigenvalue weighted by molar-refractivity contribution is 5.60. The molecular formula is C7H12N2. The van der Waals surface area contributed by atoms with Gasteiger partial charge < -0.3 is 4.90 Å². The van der Waals surface area contributed by atoms with E-state index in [-0.39, 0.29) is 0 Å². The van der Waals surface area contributed by atoms with E-state index < -0.39 is 0 Å². The van der Waals surface area contributed by atoms with Crippen LogP contribution in [0.5, 0.6) is 0 Å². The molecule has 1 rings (SSSR count). The Balaban J connectivity index is 2.57. The minimum atomic E-state index is 1.09. The first-order valence-corrected chi connectivity index (χ1v) is 3.18. The fraction of sp³-hybridized carbons (Fsp3) is 0.571. The third-order valence-electron chi connectivity index (χ3n) is 1.43. The fourth-order valence-corrected chi connectivity index (χ4v) is 0.829. The normalized spacial score (nSPS) is 17.3. The third-order valence-corrected chi connectivity index (χ3v) is 1.43. The molecule has 2 heteroatoms. The van der Waals surface area contributed by atoms with Gasteiger partial charge in [-0.3, -0.25) is 4.99 Å². The highest BCUT2D eigenvalue weighted by atomic mass is 15.1. The summed E-state index contributed by atoms with van der Waals surface area (Å²) in [6.07, 6.45) is 6.09. The molecule has 0 N–H and O–H groups in total. The Labute approximate surface area is 55.9 Å². The second-order valence-corrected chi connectivity index (χ2v) is 2.39. The monoisotopic (exact) mass is 124 g/mol. The van der Waals surface area contributed by atoms with Gasteiger partial charge in [0, 0.05) is 32.2 Å². The zero-order chi connectivity index (χ0) is 6.69. The van der Waals surface area contributed by atoms with Crippen LogP contribution in [-0.2, 0) is 0 Å². The van der Waals surface area contributed by atoms with Crippen molar-refractivity contribution in [3.63, 3.8) is 0 Å². The van der Waals surface area contributed by atoms with Crippen molar-refractivity contribution in [2.24, 2.45) is 4.99 Å². The molecular weight excluding hydrogens is 112 g/mol. The smallest absolute Gasteiger partial charge is 0.0455 e. The predicted octanol–water partition coefficient (Wildman–Crippen LogP) is 1.25. The Bertz CT molecular complexity index is 145. The van der Waals surface area contributed by atoms with Crippen molar-refractivity contribution in [2.75, 3.05) is 14.1 Å². The molecule has 50 valence electrons. The maximum absolute atomic E-state index is 4.05. The van der Waals surface area contributed by atoms with Crippen molar-refractivity contribution in [3.8, 4) is 0 Å². The lowest BCUT2D eigenvalue weighted by Crippen LogP contribution is -2.12. The van der Waals surface area contributed by atoms with Gasteiger partial charge in [-0.1, -0.05) is 0 Å². The molecule has 0 amide bonds. The van der Waals surface area contributed by atoms with Crippen molar-refractivity contribution in [1.82, 2.24) is 4.90 Å². The SMILES string of the molecule is CN(C)C1=CN=CCC1. The van der Waals surface area contributed by atoms with E-state index in [0.29, 0.717) is 0 Å². The van der Waals surface area contributed by atoms with Crippen molar-refractivity contribution in [3.05, 3.63) is 11.9 Å². The first-order chi connectivity index (χ1) is 4.30. The molecule has 1 heterocycles. The summed E-state index contributed by atoms with van der Waals surface area (Å²) < 4.78 is 0. The minimum Gasteiger partial charge on any atom is -0.380 e. The predicted molar refractivity (Wildman–Crippen MR) is 39.5 cm³/mol. The van der Waals surface area contributed by atoms with E-state index in [0.717, 1.165) is 12.8 Å². The van der Waals surface area contributed by atoms with Crippen LogP contribution in [0.1, 0.15) is 12.8 Å². The number of hydrogen-bond donors (Lipinski definition) is 0. The van der Waals surface area contributed by atoms with Crippen molar-refractivity contribution < 1.29 is 0 Å². The summed E-state index contributed by atoms with van der Waals surface area (Å²) in [5.74, 6) is 0. The summed E-state index contributed by atoms with van der Waals surface area (Å²) in [6.45, 7) is 0. The minimum absolute atomic E-state index is 1.09. The molecule has 0 atom stereocenters. The van der Waals surface area contributed by atoms with Crippen LogP contribution in [0.4, 0.5) is 0 Å². The van der Waals surface area contributed by atoms with Gasteiger partial charge in [0.1, 0.15) is 0 Å². The van der Waals surface area contributed by atoms with Crippen LogP contribution in [0.3, 0.4) is 0 Å². The van der Waals surface area contributed by atoms with Crippen LogP contribution in [0.25, 0.3) is 0 Å². The van der Waals surface area contributed by atoms with E-state index in [2.05, 4.69) is 9.89 Å². The van der Waals surface area contributed by atoms with Crippen LogP contribution < -0.4 is 0 Å². The average molecular weight is 124 g/mol. The Morgan fingerprint density at radius 3 is 2.67 bits per heavy atom. The summed E-state index contributed by atoms with van der Waals surface area (Å²) >= 11 is 0. The molecule has 0 fully saturated rings. The second-order valence-electron chi connectivity index (χ2n) is 2.39. The highest BCUT2D eigenvalue weighted by Crippen LogP contribution is 2.09. The fourth-order valence-electron chi connectivity index (χ4n) is 0.829. The summed E-state index contributed by atoms with van der Waals surface area (Å²) in [7, 11) is 4.10. The highest BCUT2D eigenvalue weighted by Gasteiger charge is 2.00. The molecule has 9 heavy (non-hydrogen) atoms. The molecule has 0 unspecified atom stereocenters. The first-order valence-electron chi connectivity index (χ1n) is 3.18. The maximum Gasteiger partial charge on any atom is 0.0455 e. The summed E-state index contributed by atoms with van der Waals surface area (Å²) in [4.78, 5) is 6.16. The quantitative estimate of drug-likeness (QED) is 0.513. The lowest BCUT2D eigenvalue weighted by molar-refractivity contribution is 0.486. The van der Waals surface area contributed by atoms with Crippen LogP contribution in [0.2, 0.25) is 0 Å². The zero-order valence-electron chi connectivity index (χ0n) is 5.96. The van der Waals surface area contributed by atoms with Gasteiger partial charge in [-0.15, -0.1) is 0 Å². The molecule has 0 aromatic rings. The van der Waals surface area contributed by atoms with Crippen molar-refractivity contribution >= 4 is 6.21 Å². The lowest BCUT2D eigenvalue weighted by atomic mass is 10.2. The van der Waals surface area contributed by atoms with E-state index in [1.807, 2.05) is 26.5 Å². The number of rotatable bonds is 1. The molecule has 0 aromatic carbocycles. The van der Waals surface area contributed by atoms with Crippen LogP contribution in [0.15, 0.2) is 16.9 Å². The van der Waals surface area contributed by atoms with E-state index in [4.69, 9.17) is 0 Å². The molecule has 0 radical (unpaired) electrons. The van der Waals surface area contributed by atoms with Crippen molar-refractivity contribution in [1.29, 1.82) is 0 Å². The summed E-state index contributed by atoms with van der Waals surface area (Å²) in [5.41, 5.74) is 1.32. The van der Waals surface area contributed by atoms with Gasteiger partial charge in [-0.05, 0) is 12.8 Å². The molecule has 0 aliphatic carbocycles. The topological polar surface area (TPSA) is 15.6 Å². The third kappa shape index (κ3) is 1.56. The van der Waals surface area contributed by atoms with E-state index in [1.54, 1.807) is 0 Å². The number of aliphatic imine (C=N–C) groups is 1. The number of hydrogen-bond acceptors (Lipinski definition) is 2. The molecule has 1 aliphatic rings. The van der Waals surface area contributed by atoms with Crippen LogP contribution in [0, 0.1) is 0 Å². The molecule has 1 aliphatic heterocycles. The van der Waals surface area contributed by atoms with E-state index >= 15 is 0 Å². The van der Waals surface area contributed by atoms with Crippen LogP contribution >= 0.6 is 0 Å². The lowest BCUT2D eigenvalue weighted by Gasteiger charge is -2.16. The molecule has 0 saturated carbocycles. The standard InChI is InChI=1S/C7H12N2/c1-9(2)7-4-3-5-8-6-7/h5-6H,3-4H2,1-2H3. The number of nitrogens with zero attached hydrogens (tertiary/aromatic N) is 2. The van der Waals surface area contributed by atoms with Gasteiger partial charge in [0.15, 0.2) is 0 Å². The molecule has 2 nitrogen and oxygen atoms in total. The van der Waals surface area contributed by atoms with Gasteiger partial charge in [0.25, 0.3) is 0 Å². The summed E-state index contributed by atoms with van der Waals surface area (Å²) in [6, 6.07) is 0. The Kier molecular flexibility index (Phi) is 1.88. The number of allylic oxidation sites excluding steroid dienone is 1. The zero-order valence-corrected chi connectivity index (χ0v) is 5.96. The largest absolute Gasteiger partial charge is 0.380 e. The second kappa shape index (κ2) is 2.67. The Morgan fingerprint density at radius 1 is 1.56 bits per heavy atom. The Morgan fingerprint density at radius 2 is 2.33 bits per heavy atom. The molecule has 0 spiro atoms. The summed E-state index contributed by atoms with van der Waals surface area (Å²) in [5, 5.41) is 0. The van der Waals surface area contributed by atoms with E-state index in [9.17, 15) is 0 Å². The molecule has 0 aromatic heterocycles. The van der Waals surface area contributed by atoms with E-state index in [1.165, 1.54) is 5.70 Å². The Hall–Kier alpha value is -0.790. The van der Waals surface area contributed by atoms with Gasteiger partial charge in [0.05, 0.1) is 0 Å².